The zero-order chi connectivity index (χ0) is 15.3. The molecule has 0 aliphatic carbocycles. The number of rotatable bonds is 1. The Morgan fingerprint density at radius 3 is 2.86 bits per heavy atom. The Morgan fingerprint density at radius 2 is 2.05 bits per heavy atom. The summed E-state index contributed by atoms with van der Waals surface area (Å²) in [5.74, 6) is -0.752. The molecule has 110 valence electrons. The average Bonchev–Trinajstić information content (AvgIpc) is 2.81. The van der Waals surface area contributed by atoms with Crippen molar-refractivity contribution in [2.24, 2.45) is 0 Å². The quantitative estimate of drug-likeness (QED) is 0.700. The number of nitrogens with zero attached hydrogens (tertiary/aromatic N) is 2. The van der Waals surface area contributed by atoms with E-state index in [0.717, 1.165) is 27.8 Å². The number of aryl methyl sites for hydroxylation is 1. The van der Waals surface area contributed by atoms with Crippen LogP contribution < -0.4 is 5.32 Å². The van der Waals surface area contributed by atoms with Crippen molar-refractivity contribution in [3.63, 3.8) is 0 Å². The monoisotopic (exact) mass is 293 g/mol. The van der Waals surface area contributed by atoms with Gasteiger partial charge < -0.3 is 4.40 Å². The van der Waals surface area contributed by atoms with Crippen LogP contribution in [0.1, 0.15) is 30.0 Å². The number of carbonyl (C=O) groups excluding carboxylic acids is 2. The van der Waals surface area contributed by atoms with E-state index in [2.05, 4.69) is 10.3 Å². The van der Waals surface area contributed by atoms with Gasteiger partial charge in [0.25, 0.3) is 0 Å². The SMILES string of the molecule is Cc1ccn2c(n1)c(C1CCC(=O)NC1=O)c1ccccc12. The lowest BCUT2D eigenvalue weighted by Crippen LogP contribution is -2.39. The van der Waals surface area contributed by atoms with E-state index in [-0.39, 0.29) is 17.7 Å². The Morgan fingerprint density at radius 1 is 1.23 bits per heavy atom. The van der Waals surface area contributed by atoms with Gasteiger partial charge >= 0.3 is 0 Å². The number of hydrogen-bond acceptors (Lipinski definition) is 3. The minimum Gasteiger partial charge on any atom is -0.301 e. The molecule has 3 heterocycles. The van der Waals surface area contributed by atoms with E-state index in [1.54, 1.807) is 0 Å². The van der Waals surface area contributed by atoms with Gasteiger partial charge in [-0.2, -0.15) is 0 Å². The number of benzene rings is 1. The first-order valence-electron chi connectivity index (χ1n) is 7.35. The van der Waals surface area contributed by atoms with E-state index in [9.17, 15) is 9.59 Å². The van der Waals surface area contributed by atoms with Crippen LogP contribution in [0.15, 0.2) is 36.5 Å². The fourth-order valence-electron chi connectivity index (χ4n) is 3.24. The zero-order valence-corrected chi connectivity index (χ0v) is 12.2. The molecule has 22 heavy (non-hydrogen) atoms. The fourth-order valence-corrected chi connectivity index (χ4v) is 3.24. The maximum Gasteiger partial charge on any atom is 0.234 e. The van der Waals surface area contributed by atoms with Gasteiger partial charge in [-0.15, -0.1) is 0 Å². The molecule has 0 bridgehead atoms. The lowest BCUT2D eigenvalue weighted by Gasteiger charge is -2.20. The molecule has 5 heteroatoms. The van der Waals surface area contributed by atoms with Crippen molar-refractivity contribution in [3.05, 3.63) is 47.8 Å². The van der Waals surface area contributed by atoms with Crippen LogP contribution in [0.3, 0.4) is 0 Å². The lowest BCUT2D eigenvalue weighted by molar-refractivity contribution is -0.134. The average molecular weight is 293 g/mol. The highest BCUT2D eigenvalue weighted by atomic mass is 16.2. The smallest absolute Gasteiger partial charge is 0.234 e. The van der Waals surface area contributed by atoms with Crippen molar-refractivity contribution in [2.75, 3.05) is 0 Å². The Bertz CT molecular complexity index is 926. The van der Waals surface area contributed by atoms with Gasteiger partial charge in [0.1, 0.15) is 5.65 Å². The number of hydrogen-bond donors (Lipinski definition) is 1. The summed E-state index contributed by atoms with van der Waals surface area (Å²) in [6.45, 7) is 1.94. The predicted molar refractivity (Wildman–Crippen MR) is 82.6 cm³/mol. The number of piperidine rings is 1. The van der Waals surface area contributed by atoms with Crippen molar-refractivity contribution >= 4 is 28.4 Å². The third-order valence-electron chi connectivity index (χ3n) is 4.26. The summed E-state index contributed by atoms with van der Waals surface area (Å²) in [7, 11) is 0. The third kappa shape index (κ3) is 1.82. The molecule has 0 saturated carbocycles. The van der Waals surface area contributed by atoms with Gasteiger partial charge in [-0.05, 0) is 25.5 Å². The number of carbonyl (C=O) groups is 2. The molecule has 0 radical (unpaired) electrons. The topological polar surface area (TPSA) is 63.5 Å². The van der Waals surface area contributed by atoms with Gasteiger partial charge in [-0.3, -0.25) is 14.9 Å². The molecule has 5 nitrogen and oxygen atoms in total. The van der Waals surface area contributed by atoms with Gasteiger partial charge in [0.2, 0.25) is 11.8 Å². The molecule has 1 unspecified atom stereocenters. The Balaban J connectivity index is 2.04. The first-order valence-corrected chi connectivity index (χ1v) is 7.35. The summed E-state index contributed by atoms with van der Waals surface area (Å²) >= 11 is 0. The van der Waals surface area contributed by atoms with E-state index in [4.69, 9.17) is 0 Å². The van der Waals surface area contributed by atoms with Crippen LogP contribution >= 0.6 is 0 Å². The molecule has 1 aliphatic rings. The van der Waals surface area contributed by atoms with Crippen LogP contribution in [-0.4, -0.2) is 21.2 Å². The van der Waals surface area contributed by atoms with Gasteiger partial charge in [0.05, 0.1) is 11.4 Å². The fraction of sp³-hybridized carbons (Fsp3) is 0.235. The molecule has 1 atom stereocenters. The summed E-state index contributed by atoms with van der Waals surface area (Å²) in [5.41, 5.74) is 3.66. The molecule has 1 N–H and O–H groups in total. The number of para-hydroxylation sites is 1. The second-order valence-corrected chi connectivity index (χ2v) is 5.70. The normalized spacial score (nSPS) is 18.9. The molecule has 2 aromatic heterocycles. The van der Waals surface area contributed by atoms with Crippen LogP contribution in [-0.2, 0) is 9.59 Å². The first-order chi connectivity index (χ1) is 10.6. The Hall–Kier alpha value is -2.69. The summed E-state index contributed by atoms with van der Waals surface area (Å²) < 4.78 is 2.02. The molecule has 1 saturated heterocycles. The van der Waals surface area contributed by atoms with E-state index >= 15 is 0 Å². The van der Waals surface area contributed by atoms with E-state index < -0.39 is 0 Å². The van der Waals surface area contributed by atoms with Crippen molar-refractivity contribution in [3.8, 4) is 0 Å². The number of imide groups is 1. The maximum atomic E-state index is 12.3. The van der Waals surface area contributed by atoms with Crippen molar-refractivity contribution in [1.82, 2.24) is 14.7 Å². The summed E-state index contributed by atoms with van der Waals surface area (Å²) in [4.78, 5) is 28.4. The number of nitrogens with one attached hydrogen (secondary N) is 1. The second kappa shape index (κ2) is 4.66. The molecule has 1 aliphatic heterocycles. The van der Waals surface area contributed by atoms with Gasteiger partial charge in [0.15, 0.2) is 0 Å². The van der Waals surface area contributed by atoms with E-state index in [1.807, 2.05) is 47.9 Å². The molecule has 0 spiro atoms. The second-order valence-electron chi connectivity index (χ2n) is 5.70. The van der Waals surface area contributed by atoms with Crippen molar-refractivity contribution < 1.29 is 9.59 Å². The highest BCUT2D eigenvalue weighted by molar-refractivity contribution is 6.05. The largest absolute Gasteiger partial charge is 0.301 e. The third-order valence-corrected chi connectivity index (χ3v) is 4.26. The van der Waals surface area contributed by atoms with Crippen LogP contribution in [0.2, 0.25) is 0 Å². The number of aromatic nitrogens is 2. The minimum absolute atomic E-state index is 0.196. The van der Waals surface area contributed by atoms with E-state index in [1.165, 1.54) is 0 Å². The number of fused-ring (bicyclic) bond motifs is 3. The summed E-state index contributed by atoms with van der Waals surface area (Å²) in [6, 6.07) is 9.92. The Kier molecular flexibility index (Phi) is 2.76. The predicted octanol–water partition coefficient (Wildman–Crippen LogP) is 2.32. The molecule has 3 aromatic rings. The minimum atomic E-state index is -0.332. The van der Waals surface area contributed by atoms with Crippen LogP contribution in [0, 0.1) is 6.92 Å². The first kappa shape index (κ1) is 13.0. The molecular weight excluding hydrogens is 278 g/mol. The summed E-state index contributed by atoms with van der Waals surface area (Å²) in [6.07, 6.45) is 2.88. The lowest BCUT2D eigenvalue weighted by atomic mass is 9.90. The van der Waals surface area contributed by atoms with Crippen molar-refractivity contribution in [2.45, 2.75) is 25.7 Å². The van der Waals surface area contributed by atoms with Crippen LogP contribution in [0.25, 0.3) is 16.6 Å². The number of amides is 2. The van der Waals surface area contributed by atoms with Gasteiger partial charge in [-0.1, -0.05) is 18.2 Å². The van der Waals surface area contributed by atoms with Crippen molar-refractivity contribution in [1.29, 1.82) is 0 Å². The van der Waals surface area contributed by atoms with Crippen LogP contribution in [0.5, 0.6) is 0 Å². The maximum absolute atomic E-state index is 12.3. The molecular formula is C17H15N3O2. The highest BCUT2D eigenvalue weighted by Crippen LogP contribution is 2.35. The molecule has 2 amide bonds. The molecule has 1 fully saturated rings. The summed E-state index contributed by atoms with van der Waals surface area (Å²) in [5, 5.41) is 3.47. The molecule has 4 rings (SSSR count). The van der Waals surface area contributed by atoms with Gasteiger partial charge in [0, 0.05) is 29.3 Å². The zero-order valence-electron chi connectivity index (χ0n) is 12.2. The van der Waals surface area contributed by atoms with Crippen LogP contribution in [0.4, 0.5) is 0 Å². The standard InChI is InChI=1S/C17H15N3O2/c1-10-8-9-20-13-5-3-2-4-11(13)15(16(20)18-10)12-6-7-14(21)19-17(12)22/h2-5,8-9,12H,6-7H2,1H3,(H,19,21,22). The van der Waals surface area contributed by atoms with E-state index in [0.29, 0.717) is 12.8 Å². The highest BCUT2D eigenvalue weighted by Gasteiger charge is 2.32. The van der Waals surface area contributed by atoms with Gasteiger partial charge in [-0.25, -0.2) is 4.98 Å². The molecule has 1 aromatic carbocycles. The Labute approximate surface area is 127 Å².